The van der Waals surface area contributed by atoms with Crippen LogP contribution in [0.2, 0.25) is 0 Å². The van der Waals surface area contributed by atoms with E-state index in [2.05, 4.69) is 17.8 Å². The molecule has 48 valence electrons. The molecule has 0 fully saturated rings. The summed E-state index contributed by atoms with van der Waals surface area (Å²) in [6, 6.07) is 0. The van der Waals surface area contributed by atoms with Gasteiger partial charge in [-0.1, -0.05) is 5.92 Å². The Labute approximate surface area is 56.4 Å². The first kappa shape index (κ1) is 8.08. The van der Waals surface area contributed by atoms with Gasteiger partial charge in [-0.3, -0.25) is 0 Å². The average Bonchev–Trinajstić information content (AvgIpc) is 1.84. The van der Waals surface area contributed by atoms with Gasteiger partial charge >= 0.3 is 0 Å². The van der Waals surface area contributed by atoms with Crippen molar-refractivity contribution in [1.82, 2.24) is 0 Å². The molecule has 1 heteroatoms. The quantitative estimate of drug-likeness (QED) is 0.472. The maximum absolute atomic E-state index is 4.97. The van der Waals surface area contributed by atoms with E-state index in [1.807, 2.05) is 13.8 Å². The first-order valence-electron chi connectivity index (χ1n) is 2.65. The smallest absolute Gasteiger partial charge is 0.123 e. The summed E-state index contributed by atoms with van der Waals surface area (Å²) in [4.78, 5) is 0. The van der Waals surface area contributed by atoms with Gasteiger partial charge in [-0.2, -0.15) is 0 Å². The van der Waals surface area contributed by atoms with Gasteiger partial charge in [0.15, 0.2) is 0 Å². The molecular weight excluding hydrogens is 112 g/mol. The standard InChI is InChI=1S/C8H10O/c1-5-6-7-8(2,3)9-4/h1H,2-4H3. The van der Waals surface area contributed by atoms with E-state index in [1.165, 1.54) is 0 Å². The van der Waals surface area contributed by atoms with Crippen molar-refractivity contribution in [3.8, 4) is 24.2 Å². The van der Waals surface area contributed by atoms with Crippen molar-refractivity contribution in [3.05, 3.63) is 0 Å². The highest BCUT2D eigenvalue weighted by molar-refractivity contribution is 5.25. The molecule has 0 spiro atoms. The zero-order chi connectivity index (χ0) is 7.33. The first-order valence-corrected chi connectivity index (χ1v) is 2.65. The summed E-state index contributed by atoms with van der Waals surface area (Å²) in [5.74, 6) is 7.46. The molecule has 1 nitrogen and oxygen atoms in total. The Morgan fingerprint density at radius 3 is 2.33 bits per heavy atom. The summed E-state index contributed by atoms with van der Waals surface area (Å²) < 4.78 is 4.97. The molecule has 0 aliphatic heterocycles. The lowest BCUT2D eigenvalue weighted by Crippen LogP contribution is -2.18. The molecule has 0 saturated heterocycles. The monoisotopic (exact) mass is 122 g/mol. The van der Waals surface area contributed by atoms with Crippen LogP contribution in [0.25, 0.3) is 0 Å². The Hall–Kier alpha value is -0.920. The highest BCUT2D eigenvalue weighted by Gasteiger charge is 2.09. The van der Waals surface area contributed by atoms with Crippen molar-refractivity contribution in [2.75, 3.05) is 7.11 Å². The van der Waals surface area contributed by atoms with Crippen molar-refractivity contribution >= 4 is 0 Å². The number of hydrogen-bond acceptors (Lipinski definition) is 1. The fourth-order valence-corrected chi connectivity index (χ4v) is 0.238. The molecule has 0 radical (unpaired) electrons. The van der Waals surface area contributed by atoms with Gasteiger partial charge in [0.05, 0.1) is 0 Å². The maximum atomic E-state index is 4.97. The zero-order valence-electron chi connectivity index (χ0n) is 5.99. The Morgan fingerprint density at radius 2 is 2.00 bits per heavy atom. The van der Waals surface area contributed by atoms with Crippen LogP contribution >= 0.6 is 0 Å². The van der Waals surface area contributed by atoms with Gasteiger partial charge in [0, 0.05) is 7.11 Å². The molecule has 0 aliphatic carbocycles. The van der Waals surface area contributed by atoms with Crippen LogP contribution in [0, 0.1) is 24.2 Å². The van der Waals surface area contributed by atoms with Gasteiger partial charge in [-0.05, 0) is 25.7 Å². The average molecular weight is 122 g/mol. The summed E-state index contributed by atoms with van der Waals surface area (Å²) in [6.07, 6.45) is 4.91. The van der Waals surface area contributed by atoms with Crippen molar-refractivity contribution in [1.29, 1.82) is 0 Å². The predicted octanol–water partition coefficient (Wildman–Crippen LogP) is 1.05. The molecule has 0 heterocycles. The lowest BCUT2D eigenvalue weighted by atomic mass is 10.1. The Kier molecular flexibility index (Phi) is 2.85. The second-order valence-electron chi connectivity index (χ2n) is 2.11. The second-order valence-corrected chi connectivity index (χ2v) is 2.11. The molecule has 0 aromatic heterocycles. The SMILES string of the molecule is C#CC#CC(C)(C)OC. The van der Waals surface area contributed by atoms with E-state index < -0.39 is 5.60 Å². The third-order valence-electron chi connectivity index (χ3n) is 0.946. The number of hydrogen-bond donors (Lipinski definition) is 0. The van der Waals surface area contributed by atoms with E-state index in [0.29, 0.717) is 0 Å². The largest absolute Gasteiger partial charge is 0.366 e. The summed E-state index contributed by atoms with van der Waals surface area (Å²) in [5, 5.41) is 0. The molecule has 9 heavy (non-hydrogen) atoms. The molecule has 0 atom stereocenters. The fourth-order valence-electron chi connectivity index (χ4n) is 0.238. The molecule has 0 bridgehead atoms. The molecule has 0 aliphatic rings. The third kappa shape index (κ3) is 3.64. The van der Waals surface area contributed by atoms with Crippen LogP contribution in [0.4, 0.5) is 0 Å². The molecule has 0 unspecified atom stereocenters. The van der Waals surface area contributed by atoms with Crippen molar-refractivity contribution in [2.45, 2.75) is 19.4 Å². The summed E-state index contributed by atoms with van der Waals surface area (Å²) in [5.41, 5.74) is -0.410. The van der Waals surface area contributed by atoms with E-state index in [-0.39, 0.29) is 0 Å². The Balaban J connectivity index is 4.05. The van der Waals surface area contributed by atoms with E-state index in [9.17, 15) is 0 Å². The van der Waals surface area contributed by atoms with Gasteiger partial charge < -0.3 is 4.74 Å². The molecule has 0 aromatic rings. The van der Waals surface area contributed by atoms with Crippen LogP contribution in [0.5, 0.6) is 0 Å². The first-order chi connectivity index (χ1) is 4.12. The van der Waals surface area contributed by atoms with E-state index in [4.69, 9.17) is 11.2 Å². The number of methoxy groups -OCH3 is 1. The normalized spacial score (nSPS) is 9.11. The lowest BCUT2D eigenvalue weighted by molar-refractivity contribution is 0.0742. The lowest BCUT2D eigenvalue weighted by Gasteiger charge is -2.13. The molecule has 0 saturated carbocycles. The summed E-state index contributed by atoms with van der Waals surface area (Å²) in [7, 11) is 1.60. The van der Waals surface area contributed by atoms with Crippen LogP contribution in [0.1, 0.15) is 13.8 Å². The van der Waals surface area contributed by atoms with Gasteiger partial charge in [-0.25, -0.2) is 0 Å². The molecule has 0 aromatic carbocycles. The zero-order valence-corrected chi connectivity index (χ0v) is 5.99. The highest BCUT2D eigenvalue weighted by Crippen LogP contribution is 2.03. The maximum Gasteiger partial charge on any atom is 0.123 e. The van der Waals surface area contributed by atoms with E-state index in [1.54, 1.807) is 7.11 Å². The highest BCUT2D eigenvalue weighted by atomic mass is 16.5. The third-order valence-corrected chi connectivity index (χ3v) is 0.946. The minimum atomic E-state index is -0.410. The van der Waals surface area contributed by atoms with Crippen LogP contribution < -0.4 is 0 Å². The van der Waals surface area contributed by atoms with Gasteiger partial charge in [-0.15, -0.1) is 6.42 Å². The van der Waals surface area contributed by atoms with E-state index in [0.717, 1.165) is 0 Å². The Bertz CT molecular complexity index is 173. The fraction of sp³-hybridized carbons (Fsp3) is 0.500. The van der Waals surface area contributed by atoms with Crippen LogP contribution in [-0.4, -0.2) is 12.7 Å². The minimum absolute atomic E-state index is 0.410. The second kappa shape index (κ2) is 3.17. The number of rotatable bonds is 1. The summed E-state index contributed by atoms with van der Waals surface area (Å²) >= 11 is 0. The van der Waals surface area contributed by atoms with Crippen molar-refractivity contribution in [3.63, 3.8) is 0 Å². The molecule has 0 N–H and O–H groups in total. The Morgan fingerprint density at radius 1 is 1.44 bits per heavy atom. The predicted molar refractivity (Wildman–Crippen MR) is 37.7 cm³/mol. The van der Waals surface area contributed by atoms with Crippen LogP contribution in [-0.2, 0) is 4.74 Å². The van der Waals surface area contributed by atoms with Crippen molar-refractivity contribution < 1.29 is 4.74 Å². The van der Waals surface area contributed by atoms with Gasteiger partial charge in [0.2, 0.25) is 0 Å². The van der Waals surface area contributed by atoms with Crippen LogP contribution in [0.3, 0.4) is 0 Å². The molecular formula is C8H10O. The molecule has 0 amide bonds. The summed E-state index contributed by atoms with van der Waals surface area (Å²) in [6.45, 7) is 3.72. The van der Waals surface area contributed by atoms with Crippen LogP contribution in [0.15, 0.2) is 0 Å². The van der Waals surface area contributed by atoms with Gasteiger partial charge in [0.1, 0.15) is 5.60 Å². The minimum Gasteiger partial charge on any atom is -0.366 e. The molecule has 0 rings (SSSR count). The number of terminal acetylenes is 1. The van der Waals surface area contributed by atoms with E-state index >= 15 is 0 Å². The number of ether oxygens (including phenoxy) is 1. The van der Waals surface area contributed by atoms with Gasteiger partial charge in [0.25, 0.3) is 0 Å². The topological polar surface area (TPSA) is 9.23 Å². The van der Waals surface area contributed by atoms with Crippen molar-refractivity contribution in [2.24, 2.45) is 0 Å².